The van der Waals surface area contributed by atoms with Crippen LogP contribution in [0.5, 0.6) is 0 Å². The van der Waals surface area contributed by atoms with Crippen LogP contribution in [-0.2, 0) is 11.2 Å². The zero-order chi connectivity index (χ0) is 18.4. The van der Waals surface area contributed by atoms with Crippen LogP contribution in [0.25, 0.3) is 11.4 Å². The van der Waals surface area contributed by atoms with E-state index in [1.165, 1.54) is 0 Å². The van der Waals surface area contributed by atoms with E-state index in [-0.39, 0.29) is 42.7 Å². The van der Waals surface area contributed by atoms with Crippen molar-refractivity contribution in [3.8, 4) is 11.4 Å². The molecule has 0 fully saturated rings. The largest absolute Gasteiger partial charge is 0.349 e. The molecule has 2 heterocycles. The van der Waals surface area contributed by atoms with Gasteiger partial charge in [-0.2, -0.15) is 0 Å². The zero-order valence-corrected chi connectivity index (χ0v) is 17.4. The molecule has 0 atom stereocenters. The number of H-pyrrole nitrogens is 1. The molecule has 2 aromatic rings. The van der Waals surface area contributed by atoms with Crippen LogP contribution >= 0.6 is 24.8 Å². The van der Waals surface area contributed by atoms with Gasteiger partial charge in [-0.25, -0.2) is 4.98 Å². The number of rotatable bonds is 7. The molecule has 9 heteroatoms. The molecule has 0 aliphatic carbocycles. The first kappa shape index (κ1) is 25.0. The summed E-state index contributed by atoms with van der Waals surface area (Å²) in [5, 5.41) is 2.98. The van der Waals surface area contributed by atoms with Crippen LogP contribution < -0.4 is 16.6 Å². The minimum atomic E-state index is -0.428. The number of nitrogens with one attached hydrogen (secondary N) is 2. The maximum Gasteiger partial charge on any atom is 0.255 e. The lowest BCUT2D eigenvalue weighted by molar-refractivity contribution is -0.122. The first-order valence-electron chi connectivity index (χ1n) is 8.46. The van der Waals surface area contributed by atoms with Gasteiger partial charge in [0.15, 0.2) is 0 Å². The van der Waals surface area contributed by atoms with Gasteiger partial charge in [-0.1, -0.05) is 13.8 Å². The number of nitrogens with two attached hydrogens (primary N) is 1. The Morgan fingerprint density at radius 3 is 2.30 bits per heavy atom. The molecule has 7 nitrogen and oxygen atoms in total. The van der Waals surface area contributed by atoms with Crippen LogP contribution in [0.3, 0.4) is 0 Å². The molecule has 2 rings (SSSR count). The number of aryl methyl sites for hydroxylation is 1. The van der Waals surface area contributed by atoms with E-state index in [0.29, 0.717) is 23.6 Å². The lowest BCUT2D eigenvalue weighted by Gasteiger charge is -2.31. The molecular formula is C18H27Cl2N5O2. The highest BCUT2D eigenvalue weighted by Crippen LogP contribution is 2.15. The third-order valence-corrected chi connectivity index (χ3v) is 4.66. The van der Waals surface area contributed by atoms with E-state index in [9.17, 15) is 9.59 Å². The van der Waals surface area contributed by atoms with Gasteiger partial charge in [-0.15, -0.1) is 24.8 Å². The zero-order valence-electron chi connectivity index (χ0n) is 15.7. The Balaban J connectivity index is 0.00000338. The van der Waals surface area contributed by atoms with Crippen LogP contribution in [0, 0.1) is 6.92 Å². The number of aromatic amines is 1. The average molecular weight is 416 g/mol. The Labute approximate surface area is 171 Å². The second kappa shape index (κ2) is 11.0. The summed E-state index contributed by atoms with van der Waals surface area (Å²) in [7, 11) is 0. The fourth-order valence-electron chi connectivity index (χ4n) is 2.73. The summed E-state index contributed by atoms with van der Waals surface area (Å²) in [5.74, 6) is 0.244. The summed E-state index contributed by atoms with van der Waals surface area (Å²) in [6.45, 7) is 6.07. The van der Waals surface area contributed by atoms with Gasteiger partial charge >= 0.3 is 0 Å². The predicted octanol–water partition coefficient (Wildman–Crippen LogP) is 2.16. The minimum Gasteiger partial charge on any atom is -0.349 e. The van der Waals surface area contributed by atoms with E-state index in [4.69, 9.17) is 5.73 Å². The summed E-state index contributed by atoms with van der Waals surface area (Å²) >= 11 is 0. The van der Waals surface area contributed by atoms with Crippen LogP contribution in [0.15, 0.2) is 29.3 Å². The Kier molecular flexibility index (Phi) is 10.2. The van der Waals surface area contributed by atoms with E-state index >= 15 is 0 Å². The molecule has 0 saturated carbocycles. The molecular weight excluding hydrogens is 389 g/mol. The van der Waals surface area contributed by atoms with Crippen molar-refractivity contribution in [1.82, 2.24) is 20.3 Å². The number of pyridine rings is 1. The van der Waals surface area contributed by atoms with Gasteiger partial charge in [-0.3, -0.25) is 14.6 Å². The molecule has 0 unspecified atom stereocenters. The van der Waals surface area contributed by atoms with Crippen LogP contribution in [0.1, 0.15) is 37.9 Å². The fourth-order valence-corrected chi connectivity index (χ4v) is 2.73. The van der Waals surface area contributed by atoms with Crippen molar-refractivity contribution in [2.24, 2.45) is 5.73 Å². The maximum atomic E-state index is 12.4. The van der Waals surface area contributed by atoms with Gasteiger partial charge in [0.1, 0.15) is 5.82 Å². The fraction of sp³-hybridized carbons (Fsp3) is 0.444. The van der Waals surface area contributed by atoms with Gasteiger partial charge in [0.05, 0.1) is 12.0 Å². The smallest absolute Gasteiger partial charge is 0.255 e. The molecule has 0 bridgehead atoms. The van der Waals surface area contributed by atoms with Gasteiger partial charge < -0.3 is 16.0 Å². The standard InChI is InChI=1S/C18H25N5O2.2ClH/c1-4-18(5-2,11-19)23-15(24)10-14-12(3)21-16(22-17(14)25)13-6-8-20-9-7-13;;/h6-9H,4-5,10-11,19H2,1-3H3,(H,23,24)(H,21,22,25);2*1H. The number of hydrogen-bond donors (Lipinski definition) is 3. The van der Waals surface area contributed by atoms with Crippen molar-refractivity contribution in [3.05, 3.63) is 46.1 Å². The summed E-state index contributed by atoms with van der Waals surface area (Å²) in [6, 6.07) is 3.53. The number of amides is 1. The van der Waals surface area contributed by atoms with E-state index in [1.54, 1.807) is 31.5 Å². The van der Waals surface area contributed by atoms with E-state index in [1.807, 2.05) is 13.8 Å². The molecule has 0 saturated heterocycles. The first-order valence-corrected chi connectivity index (χ1v) is 8.46. The number of nitrogens with zero attached hydrogens (tertiary/aromatic N) is 2. The summed E-state index contributed by atoms with van der Waals surface area (Å²) in [5.41, 5.74) is 6.76. The maximum absolute atomic E-state index is 12.4. The van der Waals surface area contributed by atoms with Gasteiger partial charge in [0.25, 0.3) is 5.56 Å². The highest BCUT2D eigenvalue weighted by molar-refractivity contribution is 5.85. The monoisotopic (exact) mass is 415 g/mol. The third-order valence-electron chi connectivity index (χ3n) is 4.66. The molecule has 0 aromatic carbocycles. The van der Waals surface area contributed by atoms with E-state index < -0.39 is 5.54 Å². The predicted molar refractivity (Wildman–Crippen MR) is 112 cm³/mol. The van der Waals surface area contributed by atoms with Crippen molar-refractivity contribution >= 4 is 30.7 Å². The molecule has 4 N–H and O–H groups in total. The van der Waals surface area contributed by atoms with Crippen molar-refractivity contribution in [2.75, 3.05) is 6.54 Å². The number of carbonyl (C=O) groups is 1. The van der Waals surface area contributed by atoms with E-state index in [0.717, 1.165) is 18.4 Å². The van der Waals surface area contributed by atoms with Crippen molar-refractivity contribution in [3.63, 3.8) is 0 Å². The van der Waals surface area contributed by atoms with Gasteiger partial charge in [-0.05, 0) is 31.9 Å². The SMILES string of the molecule is CCC(CC)(CN)NC(=O)Cc1c(C)nc(-c2ccncc2)[nH]c1=O.Cl.Cl. The van der Waals surface area contributed by atoms with Crippen molar-refractivity contribution < 1.29 is 4.79 Å². The van der Waals surface area contributed by atoms with Crippen LogP contribution in [-0.4, -0.2) is 32.9 Å². The lowest BCUT2D eigenvalue weighted by Crippen LogP contribution is -2.53. The number of hydrogen-bond acceptors (Lipinski definition) is 5. The summed E-state index contributed by atoms with van der Waals surface area (Å²) in [4.78, 5) is 36.0. The Bertz CT molecular complexity index is 784. The topological polar surface area (TPSA) is 114 Å². The molecule has 150 valence electrons. The Morgan fingerprint density at radius 1 is 1.22 bits per heavy atom. The molecule has 0 aliphatic heterocycles. The quantitative estimate of drug-likeness (QED) is 0.640. The molecule has 1 amide bonds. The molecule has 0 aliphatic rings. The van der Waals surface area contributed by atoms with Crippen molar-refractivity contribution in [1.29, 1.82) is 0 Å². The van der Waals surface area contributed by atoms with Crippen LogP contribution in [0.4, 0.5) is 0 Å². The molecule has 0 spiro atoms. The highest BCUT2D eigenvalue weighted by Gasteiger charge is 2.27. The summed E-state index contributed by atoms with van der Waals surface area (Å²) in [6.07, 6.45) is 4.72. The van der Waals surface area contributed by atoms with Crippen LogP contribution in [0.2, 0.25) is 0 Å². The Hall–Kier alpha value is -1.96. The number of carbonyl (C=O) groups excluding carboxylic acids is 1. The van der Waals surface area contributed by atoms with E-state index in [2.05, 4.69) is 20.3 Å². The second-order valence-electron chi connectivity index (χ2n) is 6.13. The number of aromatic nitrogens is 3. The first-order chi connectivity index (χ1) is 11.9. The molecule has 2 aromatic heterocycles. The molecule has 27 heavy (non-hydrogen) atoms. The number of halogens is 2. The third kappa shape index (κ3) is 6.02. The minimum absolute atomic E-state index is 0. The second-order valence-corrected chi connectivity index (χ2v) is 6.13. The normalized spacial score (nSPS) is 10.5. The van der Waals surface area contributed by atoms with Crippen molar-refractivity contribution in [2.45, 2.75) is 45.6 Å². The Morgan fingerprint density at radius 2 is 1.81 bits per heavy atom. The lowest BCUT2D eigenvalue weighted by atomic mass is 9.92. The average Bonchev–Trinajstić information content (AvgIpc) is 2.63. The van der Waals surface area contributed by atoms with Gasteiger partial charge in [0.2, 0.25) is 5.91 Å². The molecule has 0 radical (unpaired) electrons. The summed E-state index contributed by atoms with van der Waals surface area (Å²) < 4.78 is 0. The van der Waals surface area contributed by atoms with Gasteiger partial charge in [0, 0.05) is 35.8 Å². The highest BCUT2D eigenvalue weighted by atomic mass is 35.5.